The van der Waals surface area contributed by atoms with Crippen LogP contribution in [0.15, 0.2) is 0 Å². The molecule has 1 N–H and O–H groups in total. The second-order valence-electron chi connectivity index (χ2n) is 4.24. The summed E-state index contributed by atoms with van der Waals surface area (Å²) in [5.74, 6) is 0.796. The molecule has 2 fully saturated rings. The van der Waals surface area contributed by atoms with E-state index in [0.29, 0.717) is 18.1 Å². The van der Waals surface area contributed by atoms with Gasteiger partial charge in [-0.3, -0.25) is 9.59 Å². The second-order valence-corrected chi connectivity index (χ2v) is 7.42. The lowest BCUT2D eigenvalue weighted by Gasteiger charge is -2.16. The molecule has 96 valence electrons. The third-order valence-corrected chi connectivity index (χ3v) is 5.47. The fourth-order valence-electron chi connectivity index (χ4n) is 1.90. The molecule has 17 heavy (non-hydrogen) atoms. The number of thioether (sulfide) groups is 1. The molecule has 0 aromatic heterocycles. The van der Waals surface area contributed by atoms with Gasteiger partial charge in [-0.15, -0.1) is 11.8 Å². The van der Waals surface area contributed by atoms with Gasteiger partial charge in [0.2, 0.25) is 11.8 Å². The molecule has 2 aliphatic rings. The van der Waals surface area contributed by atoms with Gasteiger partial charge in [-0.1, -0.05) is 0 Å². The first-order valence-electron chi connectivity index (χ1n) is 5.31. The summed E-state index contributed by atoms with van der Waals surface area (Å²) < 4.78 is 22.4. The summed E-state index contributed by atoms with van der Waals surface area (Å²) in [5.41, 5.74) is 0. The molecule has 0 aliphatic carbocycles. The Kier molecular flexibility index (Phi) is 3.62. The zero-order valence-corrected chi connectivity index (χ0v) is 10.8. The molecular weight excluding hydrogens is 264 g/mol. The van der Waals surface area contributed by atoms with Crippen molar-refractivity contribution < 1.29 is 18.0 Å². The maximum absolute atomic E-state index is 11.6. The zero-order chi connectivity index (χ0) is 12.5. The quantitative estimate of drug-likeness (QED) is 0.703. The van der Waals surface area contributed by atoms with Crippen LogP contribution in [0.5, 0.6) is 0 Å². The first-order chi connectivity index (χ1) is 7.96. The fourth-order valence-corrected chi connectivity index (χ4v) is 4.47. The number of nitrogens with one attached hydrogen (secondary N) is 1. The Labute approximate surface area is 104 Å². The van der Waals surface area contributed by atoms with Crippen molar-refractivity contribution >= 4 is 33.4 Å². The van der Waals surface area contributed by atoms with Crippen molar-refractivity contribution in [1.29, 1.82) is 0 Å². The van der Waals surface area contributed by atoms with Crippen molar-refractivity contribution in [2.24, 2.45) is 0 Å². The van der Waals surface area contributed by atoms with Crippen LogP contribution < -0.4 is 5.32 Å². The molecule has 2 aliphatic heterocycles. The molecule has 0 bridgehead atoms. The van der Waals surface area contributed by atoms with E-state index in [1.165, 1.54) is 16.7 Å². The van der Waals surface area contributed by atoms with Crippen LogP contribution in [0.4, 0.5) is 0 Å². The van der Waals surface area contributed by atoms with Crippen molar-refractivity contribution in [2.45, 2.75) is 12.5 Å². The van der Waals surface area contributed by atoms with Crippen LogP contribution in [0.3, 0.4) is 0 Å². The molecular formula is C9H14N2O4S2. The molecule has 2 amide bonds. The standard InChI is InChI=1S/C9H14N2O4S2/c12-8(3-11-6-16-4-9(11)13)10-7-1-2-17(14,15)5-7/h7H,1-6H2,(H,10,12). The Hall–Kier alpha value is -0.760. The number of hydrogen-bond donors (Lipinski definition) is 1. The van der Waals surface area contributed by atoms with Gasteiger partial charge in [0.15, 0.2) is 9.84 Å². The molecule has 2 rings (SSSR count). The molecule has 2 saturated heterocycles. The summed E-state index contributed by atoms with van der Waals surface area (Å²) in [5, 5.41) is 2.66. The Morgan fingerprint density at radius 1 is 1.53 bits per heavy atom. The van der Waals surface area contributed by atoms with E-state index in [-0.39, 0.29) is 35.9 Å². The first kappa shape index (κ1) is 12.7. The van der Waals surface area contributed by atoms with Gasteiger partial charge in [0.1, 0.15) is 6.54 Å². The topological polar surface area (TPSA) is 83.6 Å². The molecule has 1 unspecified atom stereocenters. The van der Waals surface area contributed by atoms with Crippen molar-refractivity contribution in [1.82, 2.24) is 10.2 Å². The van der Waals surface area contributed by atoms with Gasteiger partial charge in [0.25, 0.3) is 0 Å². The van der Waals surface area contributed by atoms with E-state index >= 15 is 0 Å². The van der Waals surface area contributed by atoms with Crippen molar-refractivity contribution in [3.8, 4) is 0 Å². The average molecular weight is 278 g/mol. The monoisotopic (exact) mass is 278 g/mol. The SMILES string of the molecule is O=C(CN1CSCC1=O)NC1CCS(=O)(=O)C1. The minimum Gasteiger partial charge on any atom is -0.351 e. The van der Waals surface area contributed by atoms with Gasteiger partial charge < -0.3 is 10.2 Å². The zero-order valence-electron chi connectivity index (χ0n) is 9.22. The van der Waals surface area contributed by atoms with Gasteiger partial charge >= 0.3 is 0 Å². The molecule has 0 aromatic carbocycles. The van der Waals surface area contributed by atoms with E-state index in [9.17, 15) is 18.0 Å². The molecule has 0 radical (unpaired) electrons. The highest BCUT2D eigenvalue weighted by Crippen LogP contribution is 2.15. The fraction of sp³-hybridized carbons (Fsp3) is 0.778. The third-order valence-electron chi connectivity index (χ3n) is 2.76. The van der Waals surface area contributed by atoms with Crippen LogP contribution in [-0.2, 0) is 19.4 Å². The maximum atomic E-state index is 11.6. The van der Waals surface area contributed by atoms with Crippen LogP contribution >= 0.6 is 11.8 Å². The van der Waals surface area contributed by atoms with Gasteiger partial charge in [0, 0.05) is 6.04 Å². The number of sulfone groups is 1. The summed E-state index contributed by atoms with van der Waals surface area (Å²) in [6.45, 7) is 0.0301. The number of amides is 2. The van der Waals surface area contributed by atoms with Crippen LogP contribution in [-0.4, -0.2) is 60.9 Å². The predicted octanol–water partition coefficient (Wildman–Crippen LogP) is -1.18. The molecule has 8 heteroatoms. The number of rotatable bonds is 3. The van der Waals surface area contributed by atoms with Crippen LogP contribution in [0.2, 0.25) is 0 Å². The molecule has 0 aromatic rings. The molecule has 0 saturated carbocycles. The summed E-state index contributed by atoms with van der Waals surface area (Å²) in [6.07, 6.45) is 0.469. The lowest BCUT2D eigenvalue weighted by atomic mass is 10.2. The molecule has 6 nitrogen and oxygen atoms in total. The van der Waals surface area contributed by atoms with Gasteiger partial charge in [-0.2, -0.15) is 0 Å². The predicted molar refractivity (Wildman–Crippen MR) is 64.2 cm³/mol. The number of nitrogens with zero attached hydrogens (tertiary/aromatic N) is 1. The highest BCUT2D eigenvalue weighted by molar-refractivity contribution is 8.00. The largest absolute Gasteiger partial charge is 0.351 e. The highest BCUT2D eigenvalue weighted by atomic mass is 32.2. The smallest absolute Gasteiger partial charge is 0.239 e. The number of hydrogen-bond acceptors (Lipinski definition) is 5. The summed E-state index contributed by atoms with van der Waals surface area (Å²) in [4.78, 5) is 24.4. The summed E-state index contributed by atoms with van der Waals surface area (Å²) in [6, 6.07) is -0.294. The van der Waals surface area contributed by atoms with E-state index in [0.717, 1.165) is 0 Å². The summed E-state index contributed by atoms with van der Waals surface area (Å²) in [7, 11) is -2.98. The van der Waals surface area contributed by atoms with E-state index in [2.05, 4.69) is 5.32 Å². The Morgan fingerprint density at radius 2 is 2.29 bits per heavy atom. The lowest BCUT2D eigenvalue weighted by molar-refractivity contribution is -0.132. The second kappa shape index (κ2) is 4.85. The Morgan fingerprint density at radius 3 is 2.82 bits per heavy atom. The maximum Gasteiger partial charge on any atom is 0.239 e. The van der Waals surface area contributed by atoms with Crippen molar-refractivity contribution in [3.05, 3.63) is 0 Å². The van der Waals surface area contributed by atoms with E-state index in [1.807, 2.05) is 0 Å². The van der Waals surface area contributed by atoms with Crippen LogP contribution in [0.25, 0.3) is 0 Å². The molecule has 1 atom stereocenters. The molecule has 0 spiro atoms. The lowest BCUT2D eigenvalue weighted by Crippen LogP contribution is -2.43. The van der Waals surface area contributed by atoms with E-state index < -0.39 is 9.84 Å². The minimum atomic E-state index is -2.98. The number of carbonyl (C=O) groups is 2. The van der Waals surface area contributed by atoms with Gasteiger partial charge in [-0.05, 0) is 6.42 Å². The number of carbonyl (C=O) groups excluding carboxylic acids is 2. The van der Waals surface area contributed by atoms with Gasteiger partial charge in [-0.25, -0.2) is 8.42 Å². The summed E-state index contributed by atoms with van der Waals surface area (Å²) >= 11 is 1.48. The van der Waals surface area contributed by atoms with Crippen molar-refractivity contribution in [2.75, 3.05) is 29.7 Å². The first-order valence-corrected chi connectivity index (χ1v) is 8.29. The van der Waals surface area contributed by atoms with Crippen LogP contribution in [0, 0.1) is 0 Å². The third kappa shape index (κ3) is 3.35. The van der Waals surface area contributed by atoms with E-state index in [4.69, 9.17) is 0 Å². The van der Waals surface area contributed by atoms with Gasteiger partial charge in [0.05, 0.1) is 23.1 Å². The Balaban J connectivity index is 1.80. The van der Waals surface area contributed by atoms with Crippen LogP contribution in [0.1, 0.15) is 6.42 Å². The average Bonchev–Trinajstić information content (AvgIpc) is 2.74. The Bertz CT molecular complexity index is 434. The van der Waals surface area contributed by atoms with Crippen molar-refractivity contribution in [3.63, 3.8) is 0 Å². The highest BCUT2D eigenvalue weighted by Gasteiger charge is 2.30. The molecule has 2 heterocycles. The van der Waals surface area contributed by atoms with E-state index in [1.54, 1.807) is 0 Å². The normalized spacial score (nSPS) is 27.4. The minimum absolute atomic E-state index is 0.0153.